The molecular weight excluding hydrogens is 466 g/mol. The zero-order valence-electron chi connectivity index (χ0n) is 22.8. The Labute approximate surface area is 214 Å². The van der Waals surface area contributed by atoms with Crippen LogP contribution >= 0.6 is 0 Å². The van der Waals surface area contributed by atoms with Crippen LogP contribution in [0.25, 0.3) is 0 Å². The van der Waals surface area contributed by atoms with Crippen molar-refractivity contribution >= 4 is 23.9 Å². The number of unbranched alkanes of at least 4 members (excludes halogenated alkanes) is 1. The Morgan fingerprint density at radius 3 is 2.00 bits per heavy atom. The van der Waals surface area contributed by atoms with Crippen molar-refractivity contribution in [3.05, 3.63) is 23.8 Å². The molecule has 2 N–H and O–H groups in total. The summed E-state index contributed by atoms with van der Waals surface area (Å²) < 4.78 is 21.4. The summed E-state index contributed by atoms with van der Waals surface area (Å²) in [5.41, 5.74) is 5.05. The molecule has 0 saturated heterocycles. The van der Waals surface area contributed by atoms with E-state index in [1.54, 1.807) is 54.5 Å². The average molecular weight is 508 g/mol. The minimum Gasteiger partial charge on any atom is -0.462 e. The maximum Gasteiger partial charge on any atom is 0.323 e. The Balaban J connectivity index is 2.92. The first-order valence-corrected chi connectivity index (χ1v) is 12.2. The molecule has 0 amide bonds. The molecule has 0 fully saturated rings. The number of ether oxygens (including phenoxy) is 4. The maximum absolute atomic E-state index is 12.5. The fourth-order valence-corrected chi connectivity index (χ4v) is 2.61. The van der Waals surface area contributed by atoms with Crippen LogP contribution in [0.4, 0.5) is 0 Å². The van der Waals surface area contributed by atoms with Gasteiger partial charge in [-0.3, -0.25) is 19.2 Å². The van der Waals surface area contributed by atoms with Crippen LogP contribution in [0.2, 0.25) is 0 Å². The van der Waals surface area contributed by atoms with Gasteiger partial charge in [0.1, 0.15) is 18.8 Å². The van der Waals surface area contributed by atoms with Crippen molar-refractivity contribution in [2.24, 2.45) is 16.6 Å². The molecule has 0 bridgehead atoms. The fraction of sp³-hybridized carbons (Fsp3) is 0.630. The van der Waals surface area contributed by atoms with E-state index >= 15 is 0 Å². The van der Waals surface area contributed by atoms with Gasteiger partial charge in [-0.25, -0.2) is 0 Å². The molecule has 0 aromatic heterocycles. The number of rotatable bonds is 11. The molecule has 0 heterocycles. The first kappa shape index (κ1) is 31.1. The Morgan fingerprint density at radius 2 is 1.47 bits per heavy atom. The average Bonchev–Trinajstić information content (AvgIpc) is 2.76. The number of esters is 4. The second-order valence-corrected chi connectivity index (χ2v) is 10.9. The van der Waals surface area contributed by atoms with Crippen molar-refractivity contribution in [1.29, 1.82) is 0 Å². The summed E-state index contributed by atoms with van der Waals surface area (Å²) in [6.07, 6.45) is 1.36. The third-order valence-electron chi connectivity index (χ3n) is 4.93. The summed E-state index contributed by atoms with van der Waals surface area (Å²) in [5, 5.41) is 0. The highest BCUT2D eigenvalue weighted by atomic mass is 16.6. The van der Waals surface area contributed by atoms with Gasteiger partial charge in [0.25, 0.3) is 0 Å². The van der Waals surface area contributed by atoms with Crippen LogP contribution in [-0.4, -0.2) is 42.6 Å². The van der Waals surface area contributed by atoms with Gasteiger partial charge in [-0.15, -0.1) is 0 Å². The van der Waals surface area contributed by atoms with Crippen molar-refractivity contribution < 1.29 is 38.1 Å². The Kier molecular flexibility index (Phi) is 11.6. The van der Waals surface area contributed by atoms with Gasteiger partial charge in [0.2, 0.25) is 0 Å². The van der Waals surface area contributed by atoms with Gasteiger partial charge in [0.15, 0.2) is 11.5 Å². The first-order chi connectivity index (χ1) is 16.5. The molecular formula is C27H41NO8. The van der Waals surface area contributed by atoms with Crippen molar-refractivity contribution in [3.8, 4) is 11.5 Å². The molecule has 0 aliphatic carbocycles. The van der Waals surface area contributed by atoms with E-state index in [0.717, 1.165) is 12.8 Å². The molecule has 202 valence electrons. The Hall–Kier alpha value is -2.94. The highest BCUT2D eigenvalue weighted by molar-refractivity contribution is 5.81. The minimum absolute atomic E-state index is 0.0537. The number of hydrogen-bond donors (Lipinski definition) is 1. The van der Waals surface area contributed by atoms with E-state index in [-0.39, 0.29) is 30.5 Å². The molecule has 9 heteroatoms. The van der Waals surface area contributed by atoms with Crippen LogP contribution < -0.4 is 15.2 Å². The number of carbonyl (C=O) groups excluding carboxylic acids is 4. The molecule has 0 saturated carbocycles. The van der Waals surface area contributed by atoms with Crippen LogP contribution in [0.1, 0.15) is 80.2 Å². The fourth-order valence-electron chi connectivity index (χ4n) is 2.61. The normalized spacial score (nSPS) is 13.4. The topological polar surface area (TPSA) is 131 Å². The molecule has 0 aliphatic rings. The zero-order chi connectivity index (χ0) is 27.7. The van der Waals surface area contributed by atoms with Crippen LogP contribution in [0, 0.1) is 10.8 Å². The van der Waals surface area contributed by atoms with Crippen molar-refractivity contribution in [3.63, 3.8) is 0 Å². The lowest BCUT2D eigenvalue weighted by molar-refractivity contribution is -0.159. The van der Waals surface area contributed by atoms with E-state index in [0.29, 0.717) is 12.0 Å². The molecule has 0 radical (unpaired) electrons. The van der Waals surface area contributed by atoms with Gasteiger partial charge in [0, 0.05) is 6.42 Å². The highest BCUT2D eigenvalue weighted by Crippen LogP contribution is 2.33. The number of carbonyl (C=O) groups is 4. The Morgan fingerprint density at radius 1 is 0.917 bits per heavy atom. The smallest absolute Gasteiger partial charge is 0.323 e. The van der Waals surface area contributed by atoms with Gasteiger partial charge < -0.3 is 24.7 Å². The number of benzene rings is 1. The monoisotopic (exact) mass is 507 g/mol. The third kappa shape index (κ3) is 10.8. The second-order valence-electron chi connectivity index (χ2n) is 10.9. The third-order valence-corrected chi connectivity index (χ3v) is 4.93. The second kappa shape index (κ2) is 13.4. The maximum atomic E-state index is 12.5. The van der Waals surface area contributed by atoms with E-state index in [1.807, 2.05) is 6.92 Å². The summed E-state index contributed by atoms with van der Waals surface area (Å²) >= 11 is 0. The number of hydrogen-bond acceptors (Lipinski definition) is 9. The summed E-state index contributed by atoms with van der Waals surface area (Å²) in [4.78, 5) is 49.0. The molecule has 9 nitrogen and oxygen atoms in total. The van der Waals surface area contributed by atoms with Gasteiger partial charge in [-0.1, -0.05) is 19.4 Å². The van der Waals surface area contributed by atoms with Crippen LogP contribution in [-0.2, 0) is 35.1 Å². The van der Waals surface area contributed by atoms with Crippen molar-refractivity contribution in [2.45, 2.75) is 93.2 Å². The molecule has 36 heavy (non-hydrogen) atoms. The first-order valence-electron chi connectivity index (χ1n) is 12.2. The van der Waals surface area contributed by atoms with E-state index in [1.165, 1.54) is 12.1 Å². The lowest BCUT2D eigenvalue weighted by Crippen LogP contribution is -2.37. The highest BCUT2D eigenvalue weighted by Gasteiger charge is 2.29. The molecule has 1 aromatic carbocycles. The van der Waals surface area contributed by atoms with Gasteiger partial charge in [-0.05, 0) is 79.0 Å². The van der Waals surface area contributed by atoms with Crippen LogP contribution in [0.3, 0.4) is 0 Å². The standard InChI is InChI=1S/C27H41NO8/c1-9-10-11-22(29)33-16-17(2)34-23(30)19(28)14-18-12-13-20(35-24(31)26(3,4)5)21(15-18)36-25(32)27(6,7)8/h12-13,15,17,19H,9-11,14,16,28H2,1-8H3/t17-,19-/m0/s1. The largest absolute Gasteiger partial charge is 0.462 e. The summed E-state index contributed by atoms with van der Waals surface area (Å²) in [6.45, 7) is 13.8. The molecule has 0 unspecified atom stereocenters. The van der Waals surface area contributed by atoms with Crippen LogP contribution in [0.15, 0.2) is 18.2 Å². The molecule has 0 aliphatic heterocycles. The molecule has 1 rings (SSSR count). The predicted molar refractivity (Wildman–Crippen MR) is 134 cm³/mol. The van der Waals surface area contributed by atoms with E-state index in [2.05, 4.69) is 0 Å². The lowest BCUT2D eigenvalue weighted by Gasteiger charge is -2.21. The zero-order valence-corrected chi connectivity index (χ0v) is 22.8. The molecule has 1 aromatic rings. The lowest BCUT2D eigenvalue weighted by atomic mass is 9.97. The summed E-state index contributed by atoms with van der Waals surface area (Å²) in [5.74, 6) is -1.87. The van der Waals surface area contributed by atoms with E-state index in [4.69, 9.17) is 24.7 Å². The minimum atomic E-state index is -1.02. The van der Waals surface area contributed by atoms with Gasteiger partial charge >= 0.3 is 23.9 Å². The summed E-state index contributed by atoms with van der Waals surface area (Å²) in [7, 11) is 0. The van der Waals surface area contributed by atoms with E-state index < -0.39 is 40.9 Å². The molecule has 2 atom stereocenters. The van der Waals surface area contributed by atoms with Crippen molar-refractivity contribution in [2.75, 3.05) is 6.61 Å². The van der Waals surface area contributed by atoms with Gasteiger partial charge in [-0.2, -0.15) is 0 Å². The Bertz CT molecular complexity index is 927. The molecule has 0 spiro atoms. The number of nitrogens with two attached hydrogens (primary N) is 1. The SMILES string of the molecule is CCCCC(=O)OC[C@H](C)OC(=O)[C@@H](N)Cc1ccc(OC(=O)C(C)(C)C)c(OC(=O)C(C)(C)C)c1. The predicted octanol–water partition coefficient (Wildman–Crippen LogP) is 4.12. The van der Waals surface area contributed by atoms with Crippen molar-refractivity contribution in [1.82, 2.24) is 0 Å². The van der Waals surface area contributed by atoms with Crippen LogP contribution in [0.5, 0.6) is 11.5 Å². The quantitative estimate of drug-likeness (QED) is 0.347. The van der Waals surface area contributed by atoms with Gasteiger partial charge in [0.05, 0.1) is 10.8 Å². The van der Waals surface area contributed by atoms with E-state index in [9.17, 15) is 19.2 Å². The summed E-state index contributed by atoms with van der Waals surface area (Å²) in [6, 6.07) is 3.63.